The van der Waals surface area contributed by atoms with Crippen LogP contribution in [0.15, 0.2) is 53.5 Å². The van der Waals surface area contributed by atoms with Gasteiger partial charge in [0, 0.05) is 23.3 Å². The van der Waals surface area contributed by atoms with Crippen molar-refractivity contribution in [2.24, 2.45) is 7.05 Å². The van der Waals surface area contributed by atoms with Gasteiger partial charge in [-0.2, -0.15) is 5.10 Å². The Morgan fingerprint density at radius 2 is 1.67 bits per heavy atom. The largest absolute Gasteiger partial charge is 0.339 e. The van der Waals surface area contributed by atoms with E-state index in [1.165, 1.54) is 11.1 Å². The summed E-state index contributed by atoms with van der Waals surface area (Å²) in [6.45, 7) is 4.60. The molecule has 0 unspecified atom stereocenters. The second-order valence-electron chi connectivity index (χ2n) is 6.43. The van der Waals surface area contributed by atoms with E-state index in [1.54, 1.807) is 4.68 Å². The van der Waals surface area contributed by atoms with Gasteiger partial charge in [0.1, 0.15) is 5.52 Å². The molecular formula is C20H19N3O. The highest BCUT2D eigenvalue weighted by Crippen LogP contribution is 2.26. The average Bonchev–Trinajstić information content (AvgIpc) is 2.85. The van der Waals surface area contributed by atoms with Crippen molar-refractivity contribution in [3.05, 3.63) is 75.7 Å². The van der Waals surface area contributed by atoms with Crippen LogP contribution < -0.4 is 5.56 Å². The topological polar surface area (TPSA) is 39.8 Å². The predicted octanol–water partition coefficient (Wildman–Crippen LogP) is 3.55. The summed E-state index contributed by atoms with van der Waals surface area (Å²) in [6, 6.07) is 14.4. The molecule has 0 radical (unpaired) electrons. The van der Waals surface area contributed by atoms with Gasteiger partial charge in [0.15, 0.2) is 0 Å². The van der Waals surface area contributed by atoms with Gasteiger partial charge in [0.05, 0.1) is 12.7 Å². The number of rotatable bonds is 2. The molecule has 0 aliphatic heterocycles. The molecule has 0 saturated heterocycles. The first-order valence-electron chi connectivity index (χ1n) is 8.05. The second-order valence-corrected chi connectivity index (χ2v) is 6.43. The molecule has 0 N–H and O–H groups in total. The summed E-state index contributed by atoms with van der Waals surface area (Å²) in [5, 5.41) is 6.39. The molecule has 4 nitrogen and oxygen atoms in total. The Balaban J connectivity index is 1.91. The third-order valence-electron chi connectivity index (χ3n) is 4.61. The van der Waals surface area contributed by atoms with Crippen LogP contribution in [0.4, 0.5) is 0 Å². The van der Waals surface area contributed by atoms with Crippen LogP contribution in [0.1, 0.15) is 16.7 Å². The van der Waals surface area contributed by atoms with Gasteiger partial charge >= 0.3 is 0 Å². The first-order chi connectivity index (χ1) is 11.5. The van der Waals surface area contributed by atoms with Gasteiger partial charge in [0.25, 0.3) is 5.56 Å². The summed E-state index contributed by atoms with van der Waals surface area (Å²) in [7, 11) is 1.95. The van der Waals surface area contributed by atoms with E-state index in [-0.39, 0.29) is 5.56 Å². The van der Waals surface area contributed by atoms with E-state index in [2.05, 4.69) is 49.3 Å². The van der Waals surface area contributed by atoms with E-state index in [0.29, 0.717) is 12.1 Å². The van der Waals surface area contributed by atoms with E-state index in [9.17, 15) is 4.79 Å². The maximum absolute atomic E-state index is 13.0. The smallest absolute Gasteiger partial charge is 0.291 e. The van der Waals surface area contributed by atoms with Crippen LogP contribution in [0.3, 0.4) is 0 Å². The van der Waals surface area contributed by atoms with Crippen LogP contribution in [-0.4, -0.2) is 14.3 Å². The van der Waals surface area contributed by atoms with Crippen molar-refractivity contribution in [3.8, 4) is 0 Å². The highest BCUT2D eigenvalue weighted by molar-refractivity contribution is 6.07. The third kappa shape index (κ3) is 2.22. The fourth-order valence-electron chi connectivity index (χ4n) is 3.25. The van der Waals surface area contributed by atoms with E-state index >= 15 is 0 Å². The monoisotopic (exact) mass is 317 g/mol. The molecule has 4 rings (SSSR count). The summed E-state index contributed by atoms with van der Waals surface area (Å²) < 4.78 is 3.52. The van der Waals surface area contributed by atoms with E-state index < -0.39 is 0 Å². The first kappa shape index (κ1) is 14.7. The van der Waals surface area contributed by atoms with E-state index in [0.717, 1.165) is 21.9 Å². The standard InChI is InChI=1S/C20H19N3O/c1-13-4-7-15(8-5-13)12-23-20(24)19-17(11-21-23)16-9-6-14(2)10-18(16)22(19)3/h4-11H,12H2,1-3H3. The van der Waals surface area contributed by atoms with Crippen molar-refractivity contribution in [2.75, 3.05) is 0 Å². The minimum Gasteiger partial charge on any atom is -0.339 e. The molecule has 0 amide bonds. The molecule has 4 aromatic rings. The highest BCUT2D eigenvalue weighted by Gasteiger charge is 2.14. The molecule has 120 valence electrons. The zero-order valence-electron chi connectivity index (χ0n) is 14.1. The molecule has 0 saturated carbocycles. The van der Waals surface area contributed by atoms with Crippen molar-refractivity contribution in [1.29, 1.82) is 0 Å². The second kappa shape index (κ2) is 5.34. The summed E-state index contributed by atoms with van der Waals surface area (Å²) >= 11 is 0. The summed E-state index contributed by atoms with van der Waals surface area (Å²) in [5.41, 5.74) is 5.18. The third-order valence-corrected chi connectivity index (χ3v) is 4.61. The molecule has 24 heavy (non-hydrogen) atoms. The number of fused-ring (bicyclic) bond motifs is 3. The maximum atomic E-state index is 13.0. The number of nitrogens with zero attached hydrogens (tertiary/aromatic N) is 3. The number of aryl methyl sites for hydroxylation is 3. The molecule has 0 spiro atoms. The molecular weight excluding hydrogens is 298 g/mol. The first-order valence-corrected chi connectivity index (χ1v) is 8.05. The van der Waals surface area contributed by atoms with Gasteiger partial charge in [-0.3, -0.25) is 4.79 Å². The van der Waals surface area contributed by atoms with Crippen LogP contribution in [0.5, 0.6) is 0 Å². The average molecular weight is 317 g/mol. The molecule has 0 atom stereocenters. The van der Waals surface area contributed by atoms with Crippen molar-refractivity contribution >= 4 is 21.8 Å². The summed E-state index contributed by atoms with van der Waals surface area (Å²) in [6.07, 6.45) is 1.81. The SMILES string of the molecule is Cc1ccc(Cn2ncc3c4ccc(C)cc4n(C)c3c2=O)cc1. The van der Waals surface area contributed by atoms with Crippen LogP contribution in [-0.2, 0) is 13.6 Å². The van der Waals surface area contributed by atoms with Gasteiger partial charge < -0.3 is 4.57 Å². The van der Waals surface area contributed by atoms with Gasteiger partial charge in [-0.05, 0) is 31.0 Å². The van der Waals surface area contributed by atoms with Crippen molar-refractivity contribution < 1.29 is 0 Å². The van der Waals surface area contributed by atoms with Gasteiger partial charge in [-0.25, -0.2) is 4.68 Å². The zero-order valence-corrected chi connectivity index (χ0v) is 14.1. The quantitative estimate of drug-likeness (QED) is 0.567. The van der Waals surface area contributed by atoms with Crippen LogP contribution in [0, 0.1) is 13.8 Å². The molecule has 2 aromatic carbocycles. The van der Waals surface area contributed by atoms with Crippen LogP contribution >= 0.6 is 0 Å². The lowest BCUT2D eigenvalue weighted by Gasteiger charge is -2.06. The lowest BCUT2D eigenvalue weighted by molar-refractivity contribution is 0.644. The fourth-order valence-corrected chi connectivity index (χ4v) is 3.25. The number of benzene rings is 2. The number of aromatic nitrogens is 3. The van der Waals surface area contributed by atoms with Gasteiger partial charge in [-0.1, -0.05) is 42.0 Å². The molecule has 0 bridgehead atoms. The Hall–Kier alpha value is -2.88. The van der Waals surface area contributed by atoms with Crippen molar-refractivity contribution in [2.45, 2.75) is 20.4 Å². The maximum Gasteiger partial charge on any atom is 0.291 e. The van der Waals surface area contributed by atoms with E-state index in [4.69, 9.17) is 0 Å². The molecule has 2 aromatic heterocycles. The molecule has 0 aliphatic rings. The molecule has 4 heteroatoms. The van der Waals surface area contributed by atoms with Gasteiger partial charge in [-0.15, -0.1) is 0 Å². The van der Waals surface area contributed by atoms with E-state index in [1.807, 2.05) is 29.9 Å². The Bertz CT molecular complexity index is 1120. The Morgan fingerprint density at radius 1 is 0.958 bits per heavy atom. The van der Waals surface area contributed by atoms with Crippen molar-refractivity contribution in [1.82, 2.24) is 14.3 Å². The van der Waals surface area contributed by atoms with Crippen LogP contribution in [0.2, 0.25) is 0 Å². The molecule has 0 aliphatic carbocycles. The molecule has 0 fully saturated rings. The number of hydrogen-bond donors (Lipinski definition) is 0. The lowest BCUT2D eigenvalue weighted by Crippen LogP contribution is -2.24. The van der Waals surface area contributed by atoms with Gasteiger partial charge in [0.2, 0.25) is 0 Å². The Labute approximate surface area is 140 Å². The lowest BCUT2D eigenvalue weighted by atomic mass is 10.1. The Kier molecular flexibility index (Phi) is 3.27. The van der Waals surface area contributed by atoms with Crippen molar-refractivity contribution in [3.63, 3.8) is 0 Å². The fraction of sp³-hybridized carbons (Fsp3) is 0.200. The zero-order chi connectivity index (χ0) is 16.8. The minimum atomic E-state index is -0.0515. The predicted molar refractivity (Wildman–Crippen MR) is 97.5 cm³/mol. The summed E-state index contributed by atoms with van der Waals surface area (Å²) in [5.74, 6) is 0. The number of hydrogen-bond acceptors (Lipinski definition) is 2. The highest BCUT2D eigenvalue weighted by atomic mass is 16.1. The molecule has 2 heterocycles. The Morgan fingerprint density at radius 3 is 2.42 bits per heavy atom. The summed E-state index contributed by atoms with van der Waals surface area (Å²) in [4.78, 5) is 13.0. The normalized spacial score (nSPS) is 11.5. The van der Waals surface area contributed by atoms with Crippen LogP contribution in [0.25, 0.3) is 21.8 Å². The minimum absolute atomic E-state index is 0.0515.